The van der Waals surface area contributed by atoms with Crippen LogP contribution in [0.1, 0.15) is 30.6 Å². The number of benzene rings is 1. The Kier molecular flexibility index (Phi) is 6.09. The van der Waals surface area contributed by atoms with Crippen LogP contribution in [0.2, 0.25) is 5.02 Å². The molecule has 1 aliphatic rings. The topological polar surface area (TPSA) is 41.6 Å². The summed E-state index contributed by atoms with van der Waals surface area (Å²) in [4.78, 5) is 14.7. The van der Waals surface area contributed by atoms with Gasteiger partial charge in [-0.3, -0.25) is 4.79 Å². The third-order valence-corrected chi connectivity index (χ3v) is 4.30. The Morgan fingerprint density at radius 3 is 2.68 bits per heavy atom. The number of amides is 1. The van der Waals surface area contributed by atoms with Crippen molar-refractivity contribution in [3.8, 4) is 5.75 Å². The van der Waals surface area contributed by atoms with E-state index in [1.54, 1.807) is 25.3 Å². The fraction of sp³-hybridized carbons (Fsp3) is 0.588. The van der Waals surface area contributed by atoms with Gasteiger partial charge in [-0.25, -0.2) is 0 Å². The molecule has 1 heterocycles. The van der Waals surface area contributed by atoms with Crippen LogP contribution >= 0.6 is 11.6 Å². The molecule has 122 valence electrons. The van der Waals surface area contributed by atoms with E-state index in [4.69, 9.17) is 16.3 Å². The van der Waals surface area contributed by atoms with Crippen molar-refractivity contribution >= 4 is 17.5 Å². The van der Waals surface area contributed by atoms with Gasteiger partial charge in [-0.15, -0.1) is 0 Å². The first kappa shape index (κ1) is 17.1. The summed E-state index contributed by atoms with van der Waals surface area (Å²) in [7, 11) is 1.55. The lowest BCUT2D eigenvalue weighted by atomic mass is 9.92. The minimum Gasteiger partial charge on any atom is -0.496 e. The molecule has 0 radical (unpaired) electrons. The molecule has 5 heteroatoms. The highest BCUT2D eigenvalue weighted by Gasteiger charge is 2.21. The maximum absolute atomic E-state index is 12.3. The van der Waals surface area contributed by atoms with Crippen LogP contribution in [0.5, 0.6) is 5.75 Å². The summed E-state index contributed by atoms with van der Waals surface area (Å²) >= 11 is 5.96. The number of nitrogens with zero attached hydrogens (tertiary/aromatic N) is 1. The fourth-order valence-corrected chi connectivity index (χ4v) is 3.43. The van der Waals surface area contributed by atoms with Gasteiger partial charge in [-0.1, -0.05) is 25.4 Å². The second-order valence-corrected chi connectivity index (χ2v) is 6.74. The molecule has 0 bridgehead atoms. The van der Waals surface area contributed by atoms with Gasteiger partial charge in [0.05, 0.1) is 12.7 Å². The van der Waals surface area contributed by atoms with Crippen LogP contribution in [0.15, 0.2) is 18.2 Å². The summed E-state index contributed by atoms with van der Waals surface area (Å²) in [6.45, 7) is 8.31. The number of carbonyl (C=O) groups is 1. The summed E-state index contributed by atoms with van der Waals surface area (Å²) in [5.74, 6) is 1.86. The first-order valence-electron chi connectivity index (χ1n) is 7.83. The molecule has 1 aromatic carbocycles. The van der Waals surface area contributed by atoms with E-state index in [2.05, 4.69) is 24.1 Å². The normalized spacial score (nSPS) is 22.4. The Bertz CT molecular complexity index is 511. The minimum absolute atomic E-state index is 0.141. The van der Waals surface area contributed by atoms with E-state index >= 15 is 0 Å². The van der Waals surface area contributed by atoms with Gasteiger partial charge < -0.3 is 15.0 Å². The zero-order valence-corrected chi connectivity index (χ0v) is 14.3. The van der Waals surface area contributed by atoms with Crippen molar-refractivity contribution in [1.82, 2.24) is 10.2 Å². The molecule has 0 saturated carbocycles. The number of piperidine rings is 1. The molecule has 0 aromatic heterocycles. The lowest BCUT2D eigenvalue weighted by Gasteiger charge is -2.34. The maximum atomic E-state index is 12.3. The second-order valence-electron chi connectivity index (χ2n) is 6.31. The van der Waals surface area contributed by atoms with Crippen molar-refractivity contribution in [3.63, 3.8) is 0 Å². The van der Waals surface area contributed by atoms with Crippen LogP contribution in [0.25, 0.3) is 0 Å². The average Bonchev–Trinajstić information content (AvgIpc) is 2.46. The number of nitrogens with one attached hydrogen (secondary N) is 1. The molecular weight excluding hydrogens is 300 g/mol. The summed E-state index contributed by atoms with van der Waals surface area (Å²) in [5.41, 5.74) is 0.482. The summed E-state index contributed by atoms with van der Waals surface area (Å²) in [6.07, 6.45) is 1.29. The van der Waals surface area contributed by atoms with E-state index < -0.39 is 0 Å². The Hall–Kier alpha value is -1.26. The van der Waals surface area contributed by atoms with E-state index in [-0.39, 0.29) is 5.91 Å². The van der Waals surface area contributed by atoms with Crippen molar-refractivity contribution in [3.05, 3.63) is 28.8 Å². The summed E-state index contributed by atoms with van der Waals surface area (Å²) < 4.78 is 5.22. The third-order valence-electron chi connectivity index (χ3n) is 4.06. The van der Waals surface area contributed by atoms with Crippen molar-refractivity contribution in [1.29, 1.82) is 0 Å². The number of carbonyl (C=O) groups excluding carboxylic acids is 1. The van der Waals surface area contributed by atoms with Gasteiger partial charge in [0.1, 0.15) is 5.75 Å². The standard InChI is InChI=1S/C17H25ClN2O2/c1-12-8-13(2)11-20(10-12)7-6-19-17(21)15-9-14(18)4-5-16(15)22-3/h4-5,9,12-13H,6-8,10-11H2,1-3H3,(H,19,21). The van der Waals surface area contributed by atoms with Crippen LogP contribution in [-0.4, -0.2) is 44.1 Å². The number of halogens is 1. The predicted molar refractivity (Wildman–Crippen MR) is 89.7 cm³/mol. The number of methoxy groups -OCH3 is 1. The van der Waals surface area contributed by atoms with Gasteiger partial charge in [0.2, 0.25) is 0 Å². The monoisotopic (exact) mass is 324 g/mol. The van der Waals surface area contributed by atoms with E-state index in [1.165, 1.54) is 6.42 Å². The smallest absolute Gasteiger partial charge is 0.255 e. The van der Waals surface area contributed by atoms with Gasteiger partial charge in [0.25, 0.3) is 5.91 Å². The minimum atomic E-state index is -0.141. The highest BCUT2D eigenvalue weighted by Crippen LogP contribution is 2.23. The quantitative estimate of drug-likeness (QED) is 0.905. The van der Waals surface area contributed by atoms with Gasteiger partial charge in [0.15, 0.2) is 0 Å². The van der Waals surface area contributed by atoms with Gasteiger partial charge >= 0.3 is 0 Å². The molecule has 1 aliphatic heterocycles. The molecule has 1 fully saturated rings. The molecule has 1 N–H and O–H groups in total. The zero-order chi connectivity index (χ0) is 16.1. The van der Waals surface area contributed by atoms with Crippen molar-refractivity contribution in [2.24, 2.45) is 11.8 Å². The molecular formula is C17H25ClN2O2. The SMILES string of the molecule is COc1ccc(Cl)cc1C(=O)NCCN1CC(C)CC(C)C1. The number of rotatable bonds is 5. The lowest BCUT2D eigenvalue weighted by molar-refractivity contribution is 0.0933. The number of ether oxygens (including phenoxy) is 1. The number of hydrogen-bond donors (Lipinski definition) is 1. The molecule has 1 amide bonds. The molecule has 4 nitrogen and oxygen atoms in total. The van der Waals surface area contributed by atoms with Crippen LogP contribution in [-0.2, 0) is 0 Å². The molecule has 0 spiro atoms. The lowest BCUT2D eigenvalue weighted by Crippen LogP contribution is -2.42. The first-order chi connectivity index (χ1) is 10.5. The van der Waals surface area contributed by atoms with Crippen molar-refractivity contribution in [2.75, 3.05) is 33.3 Å². The van der Waals surface area contributed by atoms with Gasteiger partial charge in [0, 0.05) is 31.2 Å². The Morgan fingerprint density at radius 2 is 2.05 bits per heavy atom. The van der Waals surface area contributed by atoms with E-state index in [1.807, 2.05) is 0 Å². The highest BCUT2D eigenvalue weighted by molar-refractivity contribution is 6.31. The molecule has 22 heavy (non-hydrogen) atoms. The van der Waals surface area contributed by atoms with Gasteiger partial charge in [-0.05, 0) is 36.5 Å². The van der Waals surface area contributed by atoms with Gasteiger partial charge in [-0.2, -0.15) is 0 Å². The zero-order valence-electron chi connectivity index (χ0n) is 13.6. The predicted octanol–water partition coefficient (Wildman–Crippen LogP) is 3.06. The molecule has 2 unspecified atom stereocenters. The molecule has 2 rings (SSSR count). The van der Waals surface area contributed by atoms with Crippen LogP contribution in [0, 0.1) is 11.8 Å². The third kappa shape index (κ3) is 4.62. The van der Waals surface area contributed by atoms with E-state index in [0.29, 0.717) is 22.9 Å². The number of hydrogen-bond acceptors (Lipinski definition) is 3. The maximum Gasteiger partial charge on any atom is 0.255 e. The number of likely N-dealkylation sites (tertiary alicyclic amines) is 1. The molecule has 0 aliphatic carbocycles. The Morgan fingerprint density at radius 1 is 1.36 bits per heavy atom. The van der Waals surface area contributed by atoms with Crippen LogP contribution in [0.4, 0.5) is 0 Å². The first-order valence-corrected chi connectivity index (χ1v) is 8.21. The average molecular weight is 325 g/mol. The van der Waals surface area contributed by atoms with E-state index in [0.717, 1.165) is 31.5 Å². The fourth-order valence-electron chi connectivity index (χ4n) is 3.26. The summed E-state index contributed by atoms with van der Waals surface area (Å²) in [6, 6.07) is 5.07. The van der Waals surface area contributed by atoms with Crippen molar-refractivity contribution in [2.45, 2.75) is 20.3 Å². The second kappa shape index (κ2) is 7.84. The summed E-state index contributed by atoms with van der Waals surface area (Å²) in [5, 5.41) is 3.49. The largest absolute Gasteiger partial charge is 0.496 e. The molecule has 1 aromatic rings. The van der Waals surface area contributed by atoms with Crippen LogP contribution < -0.4 is 10.1 Å². The molecule has 2 atom stereocenters. The van der Waals surface area contributed by atoms with Crippen LogP contribution in [0.3, 0.4) is 0 Å². The highest BCUT2D eigenvalue weighted by atomic mass is 35.5. The molecule has 1 saturated heterocycles. The Balaban J connectivity index is 1.86. The Labute approximate surface area is 137 Å². The van der Waals surface area contributed by atoms with E-state index in [9.17, 15) is 4.79 Å². The van der Waals surface area contributed by atoms with Crippen molar-refractivity contribution < 1.29 is 9.53 Å².